The Hall–Kier alpha value is -1.06. The quantitative estimate of drug-likeness (QED) is 0.864. The molecule has 1 aliphatic rings. The van der Waals surface area contributed by atoms with Gasteiger partial charge in [0.25, 0.3) is 0 Å². The van der Waals surface area contributed by atoms with Gasteiger partial charge in [0.2, 0.25) is 0 Å². The predicted octanol–water partition coefficient (Wildman–Crippen LogP) is 1.86. The Morgan fingerprint density at radius 2 is 2.00 bits per heavy atom. The molecule has 1 aromatic carbocycles. The molecule has 0 aliphatic carbocycles. The van der Waals surface area contributed by atoms with E-state index in [1.165, 1.54) is 5.56 Å². The maximum atomic E-state index is 5.56. The van der Waals surface area contributed by atoms with Crippen LogP contribution in [-0.4, -0.2) is 33.4 Å². The maximum Gasteiger partial charge on any atom is 0.118 e. The smallest absolute Gasteiger partial charge is 0.118 e. The van der Waals surface area contributed by atoms with Gasteiger partial charge in [0.05, 0.1) is 13.2 Å². The van der Waals surface area contributed by atoms with E-state index in [0.717, 1.165) is 31.7 Å². The van der Waals surface area contributed by atoms with Crippen LogP contribution < -0.4 is 10.1 Å². The van der Waals surface area contributed by atoms with E-state index in [0.29, 0.717) is 12.0 Å². The van der Waals surface area contributed by atoms with Crippen LogP contribution in [0.5, 0.6) is 5.75 Å². The van der Waals surface area contributed by atoms with E-state index in [1.54, 1.807) is 7.11 Å². The van der Waals surface area contributed by atoms with Crippen LogP contribution >= 0.6 is 0 Å². The molecule has 1 N–H and O–H groups in total. The average Bonchev–Trinajstić information content (AvgIpc) is 2.40. The maximum absolute atomic E-state index is 5.56. The Labute approximate surface area is 103 Å². The monoisotopic (exact) mass is 235 g/mol. The summed E-state index contributed by atoms with van der Waals surface area (Å²) in [7, 11) is 3.51. The van der Waals surface area contributed by atoms with Gasteiger partial charge in [0.1, 0.15) is 5.75 Å². The second-order valence-electron chi connectivity index (χ2n) is 4.58. The molecule has 2 rings (SSSR count). The highest BCUT2D eigenvalue weighted by Gasteiger charge is 2.24. The highest BCUT2D eigenvalue weighted by Crippen LogP contribution is 2.21. The van der Waals surface area contributed by atoms with Crippen molar-refractivity contribution in [3.05, 3.63) is 29.8 Å². The Morgan fingerprint density at radius 1 is 1.24 bits per heavy atom. The number of hydrogen-bond acceptors (Lipinski definition) is 3. The number of rotatable bonds is 4. The average molecular weight is 235 g/mol. The van der Waals surface area contributed by atoms with E-state index in [4.69, 9.17) is 9.47 Å². The molecule has 3 heteroatoms. The van der Waals surface area contributed by atoms with Crippen molar-refractivity contribution in [1.82, 2.24) is 5.32 Å². The predicted molar refractivity (Wildman–Crippen MR) is 68.5 cm³/mol. The standard InChI is InChI=1S/C14H21NO2/c1-16-13-5-3-11(4-6-13)9-12-10-15-8-7-14(12)17-2/h3-6,12,14-15H,7-10H2,1-2H3/t12-,14+/m1/s1. The molecule has 0 spiro atoms. The Kier molecular flexibility index (Phi) is 4.40. The van der Waals surface area contributed by atoms with Gasteiger partial charge in [-0.2, -0.15) is 0 Å². The van der Waals surface area contributed by atoms with E-state index >= 15 is 0 Å². The molecule has 3 nitrogen and oxygen atoms in total. The van der Waals surface area contributed by atoms with Crippen molar-refractivity contribution < 1.29 is 9.47 Å². The zero-order valence-electron chi connectivity index (χ0n) is 10.6. The molecule has 0 radical (unpaired) electrons. The topological polar surface area (TPSA) is 30.5 Å². The summed E-state index contributed by atoms with van der Waals surface area (Å²) in [6, 6.07) is 8.32. The third kappa shape index (κ3) is 3.20. The number of nitrogens with one attached hydrogen (secondary N) is 1. The summed E-state index contributed by atoms with van der Waals surface area (Å²) in [6.07, 6.45) is 2.56. The first-order valence-corrected chi connectivity index (χ1v) is 6.20. The minimum atomic E-state index is 0.387. The molecule has 0 saturated carbocycles. The van der Waals surface area contributed by atoms with Crippen LogP contribution in [0, 0.1) is 5.92 Å². The fraction of sp³-hybridized carbons (Fsp3) is 0.571. The van der Waals surface area contributed by atoms with E-state index in [2.05, 4.69) is 17.4 Å². The van der Waals surface area contributed by atoms with E-state index in [1.807, 2.05) is 19.2 Å². The van der Waals surface area contributed by atoms with Crippen LogP contribution in [0.3, 0.4) is 0 Å². The summed E-state index contributed by atoms with van der Waals surface area (Å²) in [6.45, 7) is 2.11. The molecule has 0 aromatic heterocycles. The van der Waals surface area contributed by atoms with Crippen LogP contribution in [0.15, 0.2) is 24.3 Å². The Balaban J connectivity index is 1.98. The molecule has 1 saturated heterocycles. The molecule has 1 aromatic rings. The van der Waals surface area contributed by atoms with Crippen molar-refractivity contribution in [3.8, 4) is 5.75 Å². The molecule has 1 heterocycles. The van der Waals surface area contributed by atoms with E-state index in [-0.39, 0.29) is 0 Å². The molecule has 94 valence electrons. The van der Waals surface area contributed by atoms with Crippen molar-refractivity contribution in [2.75, 3.05) is 27.3 Å². The van der Waals surface area contributed by atoms with Crippen LogP contribution in [-0.2, 0) is 11.2 Å². The van der Waals surface area contributed by atoms with Crippen LogP contribution in [0.25, 0.3) is 0 Å². The number of piperidine rings is 1. The first-order chi connectivity index (χ1) is 8.33. The highest BCUT2D eigenvalue weighted by atomic mass is 16.5. The van der Waals surface area contributed by atoms with Gasteiger partial charge in [-0.05, 0) is 37.1 Å². The van der Waals surface area contributed by atoms with E-state index in [9.17, 15) is 0 Å². The van der Waals surface area contributed by atoms with Crippen LogP contribution in [0.4, 0.5) is 0 Å². The lowest BCUT2D eigenvalue weighted by molar-refractivity contribution is 0.0311. The molecule has 2 atom stereocenters. The molecule has 1 aliphatic heterocycles. The van der Waals surface area contributed by atoms with Gasteiger partial charge < -0.3 is 14.8 Å². The number of hydrogen-bond donors (Lipinski definition) is 1. The molecule has 0 bridgehead atoms. The van der Waals surface area contributed by atoms with Crippen molar-refractivity contribution in [3.63, 3.8) is 0 Å². The van der Waals surface area contributed by atoms with Crippen molar-refractivity contribution in [1.29, 1.82) is 0 Å². The second-order valence-corrected chi connectivity index (χ2v) is 4.58. The molecule has 0 unspecified atom stereocenters. The summed E-state index contributed by atoms with van der Waals surface area (Å²) in [4.78, 5) is 0. The summed E-state index contributed by atoms with van der Waals surface area (Å²) < 4.78 is 10.7. The third-order valence-corrected chi connectivity index (χ3v) is 3.50. The minimum absolute atomic E-state index is 0.387. The fourth-order valence-electron chi connectivity index (χ4n) is 2.48. The highest BCUT2D eigenvalue weighted by molar-refractivity contribution is 5.27. The van der Waals surface area contributed by atoms with Crippen molar-refractivity contribution in [2.24, 2.45) is 5.92 Å². The largest absolute Gasteiger partial charge is 0.497 e. The first-order valence-electron chi connectivity index (χ1n) is 6.20. The zero-order chi connectivity index (χ0) is 12.1. The summed E-state index contributed by atoms with van der Waals surface area (Å²) >= 11 is 0. The summed E-state index contributed by atoms with van der Waals surface area (Å²) in [5.74, 6) is 1.49. The summed E-state index contributed by atoms with van der Waals surface area (Å²) in [5, 5.41) is 3.44. The number of benzene rings is 1. The number of methoxy groups -OCH3 is 2. The number of ether oxygens (including phenoxy) is 2. The van der Waals surface area contributed by atoms with Crippen molar-refractivity contribution >= 4 is 0 Å². The van der Waals surface area contributed by atoms with Gasteiger partial charge in [-0.3, -0.25) is 0 Å². The Bertz CT molecular complexity index is 337. The normalized spacial score (nSPS) is 24.6. The minimum Gasteiger partial charge on any atom is -0.497 e. The zero-order valence-corrected chi connectivity index (χ0v) is 10.6. The summed E-state index contributed by atoms with van der Waals surface area (Å²) in [5.41, 5.74) is 1.35. The molecule has 17 heavy (non-hydrogen) atoms. The van der Waals surface area contributed by atoms with Crippen molar-refractivity contribution in [2.45, 2.75) is 18.9 Å². The van der Waals surface area contributed by atoms with Gasteiger partial charge in [-0.1, -0.05) is 12.1 Å². The molecular weight excluding hydrogens is 214 g/mol. The molecule has 1 fully saturated rings. The van der Waals surface area contributed by atoms with Gasteiger partial charge in [-0.15, -0.1) is 0 Å². The molecule has 0 amide bonds. The lowest BCUT2D eigenvalue weighted by Crippen LogP contribution is -2.41. The van der Waals surface area contributed by atoms with Crippen LogP contribution in [0.2, 0.25) is 0 Å². The van der Waals surface area contributed by atoms with Gasteiger partial charge >= 0.3 is 0 Å². The van der Waals surface area contributed by atoms with Gasteiger partial charge in [0.15, 0.2) is 0 Å². The first kappa shape index (κ1) is 12.4. The van der Waals surface area contributed by atoms with Crippen LogP contribution in [0.1, 0.15) is 12.0 Å². The molecular formula is C14H21NO2. The second kappa shape index (κ2) is 6.03. The fourth-order valence-corrected chi connectivity index (χ4v) is 2.48. The van der Waals surface area contributed by atoms with E-state index < -0.39 is 0 Å². The lowest BCUT2D eigenvalue weighted by Gasteiger charge is -2.31. The Morgan fingerprint density at radius 3 is 2.65 bits per heavy atom. The SMILES string of the molecule is COc1ccc(C[C@@H]2CNCC[C@@H]2OC)cc1. The van der Waals surface area contributed by atoms with Gasteiger partial charge in [-0.25, -0.2) is 0 Å². The van der Waals surface area contributed by atoms with Gasteiger partial charge in [0, 0.05) is 19.6 Å². The third-order valence-electron chi connectivity index (χ3n) is 3.50. The lowest BCUT2D eigenvalue weighted by atomic mass is 9.89.